The number of nitrogens with zero attached hydrogens (tertiary/aromatic N) is 1. The fraction of sp³-hybridized carbons (Fsp3) is 0.727. The molecule has 1 rings (SSSR count). The van der Waals surface area contributed by atoms with Crippen molar-refractivity contribution in [2.45, 2.75) is 44.7 Å². The zero-order valence-corrected chi connectivity index (χ0v) is 11.4. The first-order chi connectivity index (χ1) is 7.22. The van der Waals surface area contributed by atoms with Gasteiger partial charge in [0.1, 0.15) is 5.01 Å². The Bertz CT molecular complexity index is 271. The van der Waals surface area contributed by atoms with Crippen LogP contribution in [-0.4, -0.2) is 16.8 Å². The molecule has 15 heavy (non-hydrogen) atoms. The smallest absolute Gasteiger partial charge is 0.103 e. The Kier molecular flexibility index (Phi) is 6.29. The molecule has 0 saturated heterocycles. The highest BCUT2D eigenvalue weighted by atomic mass is 32.2. The van der Waals surface area contributed by atoms with Crippen molar-refractivity contribution < 1.29 is 0 Å². The van der Waals surface area contributed by atoms with Gasteiger partial charge in [-0.05, 0) is 18.2 Å². The first kappa shape index (κ1) is 13.0. The van der Waals surface area contributed by atoms with Crippen LogP contribution < -0.4 is 5.32 Å². The summed E-state index contributed by atoms with van der Waals surface area (Å²) >= 11 is 3.73. The number of nitrogens with one attached hydrogen (secondary N) is 1. The zero-order chi connectivity index (χ0) is 11.1. The lowest BCUT2D eigenvalue weighted by molar-refractivity contribution is 0.666. The summed E-state index contributed by atoms with van der Waals surface area (Å²) in [4.78, 5) is 4.59. The number of hydrogen-bond acceptors (Lipinski definition) is 4. The highest BCUT2D eigenvalue weighted by Gasteiger charge is 2.03. The molecule has 1 aromatic heterocycles. The van der Waals surface area contributed by atoms with Gasteiger partial charge < -0.3 is 5.32 Å². The van der Waals surface area contributed by atoms with E-state index in [1.165, 1.54) is 17.1 Å². The Balaban J connectivity index is 2.29. The molecule has 0 aliphatic heterocycles. The van der Waals surface area contributed by atoms with Crippen molar-refractivity contribution in [3.8, 4) is 0 Å². The summed E-state index contributed by atoms with van der Waals surface area (Å²) in [5.74, 6) is 1.05. The fourth-order valence-electron chi connectivity index (χ4n) is 1.13. The van der Waals surface area contributed by atoms with E-state index in [0.29, 0.717) is 5.25 Å². The summed E-state index contributed by atoms with van der Waals surface area (Å²) in [7, 11) is 0. The Hall–Kier alpha value is -0.0600. The van der Waals surface area contributed by atoms with E-state index in [0.717, 1.165) is 18.8 Å². The third-order valence-corrected chi connectivity index (χ3v) is 4.06. The van der Waals surface area contributed by atoms with Crippen molar-refractivity contribution in [2.24, 2.45) is 0 Å². The maximum Gasteiger partial charge on any atom is 0.103 e. The van der Waals surface area contributed by atoms with Crippen LogP contribution in [0.2, 0.25) is 0 Å². The molecule has 0 fully saturated rings. The molecule has 1 aromatic rings. The van der Waals surface area contributed by atoms with E-state index in [9.17, 15) is 0 Å². The molecule has 0 amide bonds. The molecule has 0 radical (unpaired) electrons. The van der Waals surface area contributed by atoms with E-state index in [2.05, 4.69) is 36.5 Å². The number of aromatic nitrogens is 1. The van der Waals surface area contributed by atoms with Crippen molar-refractivity contribution in [1.29, 1.82) is 0 Å². The minimum Gasteiger partial charge on any atom is -0.311 e. The molecule has 4 heteroatoms. The Morgan fingerprint density at radius 2 is 2.33 bits per heavy atom. The topological polar surface area (TPSA) is 24.9 Å². The van der Waals surface area contributed by atoms with E-state index in [-0.39, 0.29) is 0 Å². The second-order valence-electron chi connectivity index (χ2n) is 3.77. The summed E-state index contributed by atoms with van der Waals surface area (Å²) in [5, 5.41) is 7.47. The molecule has 0 aliphatic carbocycles. The van der Waals surface area contributed by atoms with Gasteiger partial charge in [-0.15, -0.1) is 11.3 Å². The van der Waals surface area contributed by atoms with E-state index >= 15 is 0 Å². The molecular formula is C11H20N2S2. The first-order valence-corrected chi connectivity index (χ1v) is 7.40. The van der Waals surface area contributed by atoms with Crippen molar-refractivity contribution in [2.75, 3.05) is 6.54 Å². The van der Waals surface area contributed by atoms with Gasteiger partial charge in [0.2, 0.25) is 0 Å². The molecule has 0 aliphatic rings. The lowest BCUT2D eigenvalue weighted by Crippen LogP contribution is -2.13. The summed E-state index contributed by atoms with van der Waals surface area (Å²) in [6.07, 6.45) is 1.18. The van der Waals surface area contributed by atoms with Crippen LogP contribution in [0.4, 0.5) is 0 Å². The lowest BCUT2D eigenvalue weighted by atomic mass is 10.4. The molecule has 1 heterocycles. The Morgan fingerprint density at radius 1 is 1.53 bits per heavy atom. The average molecular weight is 244 g/mol. The number of thioether (sulfide) groups is 1. The van der Waals surface area contributed by atoms with Crippen LogP contribution in [0.15, 0.2) is 5.38 Å². The van der Waals surface area contributed by atoms with Crippen LogP contribution >= 0.6 is 23.1 Å². The van der Waals surface area contributed by atoms with Gasteiger partial charge in [-0.2, -0.15) is 11.8 Å². The standard InChI is InChI=1S/C11H20N2S2/c1-4-5-12-6-10-7-15-11(13-10)8-14-9(2)3/h7,9,12H,4-6,8H2,1-3H3. The quantitative estimate of drug-likeness (QED) is 0.745. The van der Waals surface area contributed by atoms with Gasteiger partial charge >= 0.3 is 0 Å². The number of hydrogen-bond donors (Lipinski definition) is 1. The normalized spacial score (nSPS) is 11.2. The predicted octanol–water partition coefficient (Wildman–Crippen LogP) is 3.28. The molecule has 2 nitrogen and oxygen atoms in total. The third-order valence-electron chi connectivity index (χ3n) is 1.87. The first-order valence-electron chi connectivity index (χ1n) is 5.48. The van der Waals surface area contributed by atoms with Crippen LogP contribution in [0.25, 0.3) is 0 Å². The van der Waals surface area contributed by atoms with Gasteiger partial charge in [0.15, 0.2) is 0 Å². The summed E-state index contributed by atoms with van der Waals surface area (Å²) in [6, 6.07) is 0. The third kappa shape index (κ3) is 5.54. The van der Waals surface area contributed by atoms with Gasteiger partial charge in [-0.25, -0.2) is 4.98 Å². The van der Waals surface area contributed by atoms with E-state index in [1.807, 2.05) is 11.8 Å². The van der Waals surface area contributed by atoms with Crippen molar-refractivity contribution >= 4 is 23.1 Å². The largest absolute Gasteiger partial charge is 0.311 e. The van der Waals surface area contributed by atoms with E-state index < -0.39 is 0 Å². The maximum absolute atomic E-state index is 4.59. The van der Waals surface area contributed by atoms with Gasteiger partial charge in [-0.1, -0.05) is 20.8 Å². The Labute approximate surface area is 101 Å². The second kappa shape index (κ2) is 7.25. The summed E-state index contributed by atoms with van der Waals surface area (Å²) in [5.41, 5.74) is 1.19. The molecule has 0 atom stereocenters. The van der Waals surface area contributed by atoms with Crippen LogP contribution in [0, 0.1) is 0 Å². The number of rotatable bonds is 7. The number of thiazole rings is 1. The molecule has 0 saturated carbocycles. The van der Waals surface area contributed by atoms with Gasteiger partial charge in [0.05, 0.1) is 5.69 Å². The molecule has 0 bridgehead atoms. The lowest BCUT2D eigenvalue weighted by Gasteiger charge is -2.01. The summed E-state index contributed by atoms with van der Waals surface area (Å²) < 4.78 is 0. The van der Waals surface area contributed by atoms with Crippen LogP contribution in [0.5, 0.6) is 0 Å². The Morgan fingerprint density at radius 3 is 3.00 bits per heavy atom. The monoisotopic (exact) mass is 244 g/mol. The minimum atomic E-state index is 0.690. The van der Waals surface area contributed by atoms with E-state index in [1.54, 1.807) is 11.3 Å². The second-order valence-corrected chi connectivity index (χ2v) is 6.28. The molecule has 0 spiro atoms. The molecular weight excluding hydrogens is 224 g/mol. The zero-order valence-electron chi connectivity index (χ0n) is 9.75. The highest BCUT2D eigenvalue weighted by Crippen LogP contribution is 2.20. The maximum atomic E-state index is 4.59. The molecule has 0 unspecified atom stereocenters. The van der Waals surface area contributed by atoms with Crippen LogP contribution in [0.3, 0.4) is 0 Å². The SMILES string of the molecule is CCCNCc1csc(CSC(C)C)n1. The van der Waals surface area contributed by atoms with Gasteiger partial charge in [0.25, 0.3) is 0 Å². The fourth-order valence-corrected chi connectivity index (χ4v) is 2.72. The molecule has 86 valence electrons. The highest BCUT2D eigenvalue weighted by molar-refractivity contribution is 7.99. The summed E-state index contributed by atoms with van der Waals surface area (Å²) in [6.45, 7) is 8.62. The van der Waals surface area contributed by atoms with E-state index in [4.69, 9.17) is 0 Å². The molecule has 1 N–H and O–H groups in total. The van der Waals surface area contributed by atoms with Crippen molar-refractivity contribution in [3.63, 3.8) is 0 Å². The average Bonchev–Trinajstić information content (AvgIpc) is 2.63. The van der Waals surface area contributed by atoms with Crippen LogP contribution in [-0.2, 0) is 12.3 Å². The van der Waals surface area contributed by atoms with Crippen molar-refractivity contribution in [3.05, 3.63) is 16.1 Å². The molecule has 0 aromatic carbocycles. The van der Waals surface area contributed by atoms with Crippen molar-refractivity contribution in [1.82, 2.24) is 10.3 Å². The predicted molar refractivity (Wildman–Crippen MR) is 70.5 cm³/mol. The van der Waals surface area contributed by atoms with Crippen LogP contribution in [0.1, 0.15) is 37.9 Å². The minimum absolute atomic E-state index is 0.690. The van der Waals surface area contributed by atoms with Gasteiger partial charge in [0, 0.05) is 17.7 Å². The van der Waals surface area contributed by atoms with Gasteiger partial charge in [-0.3, -0.25) is 0 Å².